The number of aromatic nitrogens is 2. The first kappa shape index (κ1) is 11.3. The van der Waals surface area contributed by atoms with Gasteiger partial charge in [-0.2, -0.15) is 0 Å². The van der Waals surface area contributed by atoms with Gasteiger partial charge in [0, 0.05) is 6.04 Å². The van der Waals surface area contributed by atoms with Gasteiger partial charge >= 0.3 is 0 Å². The van der Waals surface area contributed by atoms with Gasteiger partial charge in [-0.25, -0.2) is 4.98 Å². The standard InChI is InChI=1S/C12H13Cl2N3/c13-9-5-11-12(6-10(9)14)17(7-16-11)8-1-3-15-4-2-8/h5-8,15H,1-4H2. The number of benzene rings is 1. The van der Waals surface area contributed by atoms with Crippen LogP contribution in [0.1, 0.15) is 18.9 Å². The molecule has 5 heteroatoms. The number of halogens is 2. The zero-order valence-corrected chi connectivity index (χ0v) is 10.8. The fourth-order valence-corrected chi connectivity index (χ4v) is 2.71. The summed E-state index contributed by atoms with van der Waals surface area (Å²) in [5.41, 5.74) is 1.99. The number of rotatable bonds is 1. The van der Waals surface area contributed by atoms with Crippen molar-refractivity contribution in [3.63, 3.8) is 0 Å². The predicted octanol–water partition coefficient (Wildman–Crippen LogP) is 3.27. The molecule has 1 aliphatic rings. The zero-order valence-electron chi connectivity index (χ0n) is 9.29. The SMILES string of the molecule is Clc1cc2ncn(C3CCNCC3)c2cc1Cl. The van der Waals surface area contributed by atoms with Crippen molar-refractivity contribution < 1.29 is 0 Å². The van der Waals surface area contributed by atoms with E-state index in [0.29, 0.717) is 16.1 Å². The third-order valence-electron chi connectivity index (χ3n) is 3.32. The molecule has 0 saturated carbocycles. The van der Waals surface area contributed by atoms with Crippen LogP contribution in [0.15, 0.2) is 18.5 Å². The molecule has 0 bridgehead atoms. The number of piperidine rings is 1. The first-order valence-electron chi connectivity index (χ1n) is 5.78. The summed E-state index contributed by atoms with van der Waals surface area (Å²) in [5.74, 6) is 0. The van der Waals surface area contributed by atoms with Crippen LogP contribution in [-0.2, 0) is 0 Å². The summed E-state index contributed by atoms with van der Waals surface area (Å²) >= 11 is 12.1. The van der Waals surface area contributed by atoms with E-state index >= 15 is 0 Å². The maximum Gasteiger partial charge on any atom is 0.0960 e. The maximum absolute atomic E-state index is 6.07. The minimum Gasteiger partial charge on any atom is -0.327 e. The molecule has 0 radical (unpaired) electrons. The second-order valence-corrected chi connectivity index (χ2v) is 5.20. The third kappa shape index (κ3) is 2.03. The van der Waals surface area contributed by atoms with Crippen LogP contribution in [0.3, 0.4) is 0 Å². The van der Waals surface area contributed by atoms with Gasteiger partial charge in [-0.05, 0) is 38.1 Å². The fraction of sp³-hybridized carbons (Fsp3) is 0.417. The molecule has 0 atom stereocenters. The van der Waals surface area contributed by atoms with Crippen molar-refractivity contribution in [1.29, 1.82) is 0 Å². The largest absolute Gasteiger partial charge is 0.327 e. The van der Waals surface area contributed by atoms with Crippen molar-refractivity contribution in [2.75, 3.05) is 13.1 Å². The van der Waals surface area contributed by atoms with Crippen molar-refractivity contribution in [3.05, 3.63) is 28.5 Å². The van der Waals surface area contributed by atoms with Gasteiger partial charge < -0.3 is 9.88 Å². The number of nitrogens with zero attached hydrogens (tertiary/aromatic N) is 2. The maximum atomic E-state index is 6.07. The summed E-state index contributed by atoms with van der Waals surface area (Å²) in [6.07, 6.45) is 4.16. The van der Waals surface area contributed by atoms with E-state index in [2.05, 4.69) is 14.9 Å². The van der Waals surface area contributed by atoms with Gasteiger partial charge in [-0.1, -0.05) is 23.2 Å². The lowest BCUT2D eigenvalue weighted by Crippen LogP contribution is -2.29. The minimum atomic E-state index is 0.512. The van der Waals surface area contributed by atoms with Gasteiger partial charge in [-0.3, -0.25) is 0 Å². The fourth-order valence-electron chi connectivity index (χ4n) is 2.40. The molecule has 1 N–H and O–H groups in total. The molecule has 1 fully saturated rings. The Balaban J connectivity index is 2.07. The van der Waals surface area contributed by atoms with Crippen molar-refractivity contribution in [1.82, 2.24) is 14.9 Å². The van der Waals surface area contributed by atoms with E-state index in [1.165, 1.54) is 0 Å². The zero-order chi connectivity index (χ0) is 11.8. The molecule has 3 rings (SSSR count). The van der Waals surface area contributed by atoms with E-state index in [-0.39, 0.29) is 0 Å². The van der Waals surface area contributed by atoms with E-state index in [1.54, 1.807) is 0 Å². The highest BCUT2D eigenvalue weighted by Gasteiger charge is 2.17. The molecule has 1 saturated heterocycles. The van der Waals surface area contributed by atoms with Crippen molar-refractivity contribution in [2.24, 2.45) is 0 Å². The first-order chi connectivity index (χ1) is 8.25. The predicted molar refractivity (Wildman–Crippen MR) is 70.9 cm³/mol. The average molecular weight is 270 g/mol. The lowest BCUT2D eigenvalue weighted by molar-refractivity contribution is 0.374. The quantitative estimate of drug-likeness (QED) is 0.861. The van der Waals surface area contributed by atoms with Crippen molar-refractivity contribution in [3.8, 4) is 0 Å². The number of hydrogen-bond acceptors (Lipinski definition) is 2. The first-order valence-corrected chi connectivity index (χ1v) is 6.53. The molecule has 0 unspecified atom stereocenters. The van der Waals surface area contributed by atoms with Crippen LogP contribution < -0.4 is 5.32 Å². The van der Waals surface area contributed by atoms with Crippen LogP contribution in [0.2, 0.25) is 10.0 Å². The Morgan fingerprint density at radius 1 is 1.18 bits per heavy atom. The van der Waals surface area contributed by atoms with Gasteiger partial charge in [0.25, 0.3) is 0 Å². The average Bonchev–Trinajstić information content (AvgIpc) is 2.74. The highest BCUT2D eigenvalue weighted by Crippen LogP contribution is 2.30. The Morgan fingerprint density at radius 3 is 2.65 bits per heavy atom. The van der Waals surface area contributed by atoms with E-state index < -0.39 is 0 Å². The van der Waals surface area contributed by atoms with Gasteiger partial charge in [0.2, 0.25) is 0 Å². The monoisotopic (exact) mass is 269 g/mol. The van der Waals surface area contributed by atoms with Crippen LogP contribution in [0, 0.1) is 0 Å². The Labute approximate surface area is 110 Å². The summed E-state index contributed by atoms with van der Waals surface area (Å²) in [6, 6.07) is 4.25. The van der Waals surface area contributed by atoms with Crippen LogP contribution in [0.5, 0.6) is 0 Å². The van der Waals surface area contributed by atoms with Crippen LogP contribution in [-0.4, -0.2) is 22.6 Å². The molecule has 17 heavy (non-hydrogen) atoms. The Bertz CT molecular complexity index is 544. The van der Waals surface area contributed by atoms with Crippen molar-refractivity contribution in [2.45, 2.75) is 18.9 Å². The van der Waals surface area contributed by atoms with Crippen LogP contribution in [0.25, 0.3) is 11.0 Å². The molecule has 2 aromatic rings. The molecule has 0 amide bonds. The molecule has 90 valence electrons. The normalized spacial score (nSPS) is 17.8. The molecule has 3 nitrogen and oxygen atoms in total. The Morgan fingerprint density at radius 2 is 1.88 bits per heavy atom. The highest BCUT2D eigenvalue weighted by atomic mass is 35.5. The van der Waals surface area contributed by atoms with E-state index in [1.807, 2.05) is 18.5 Å². The molecule has 0 aliphatic carbocycles. The summed E-state index contributed by atoms with van der Waals surface area (Å²) in [4.78, 5) is 4.40. The molecule has 1 aromatic heterocycles. The van der Waals surface area contributed by atoms with E-state index in [9.17, 15) is 0 Å². The summed E-state index contributed by atoms with van der Waals surface area (Å²) in [6.45, 7) is 2.12. The van der Waals surface area contributed by atoms with Gasteiger partial charge in [0.05, 0.1) is 27.4 Å². The molecular formula is C12H13Cl2N3. The highest BCUT2D eigenvalue weighted by molar-refractivity contribution is 6.42. The second-order valence-electron chi connectivity index (χ2n) is 4.39. The molecule has 2 heterocycles. The summed E-state index contributed by atoms with van der Waals surface area (Å²) in [5, 5.41) is 4.52. The smallest absolute Gasteiger partial charge is 0.0960 e. The minimum absolute atomic E-state index is 0.512. The number of fused-ring (bicyclic) bond motifs is 1. The Hall–Kier alpha value is -0.770. The molecule has 1 aromatic carbocycles. The lowest BCUT2D eigenvalue weighted by atomic mass is 10.1. The third-order valence-corrected chi connectivity index (χ3v) is 4.04. The lowest BCUT2D eigenvalue weighted by Gasteiger charge is -2.24. The van der Waals surface area contributed by atoms with Gasteiger partial charge in [0.15, 0.2) is 0 Å². The second kappa shape index (κ2) is 4.48. The number of hydrogen-bond donors (Lipinski definition) is 1. The van der Waals surface area contributed by atoms with Crippen molar-refractivity contribution >= 4 is 34.2 Å². The van der Waals surface area contributed by atoms with Crippen LogP contribution >= 0.6 is 23.2 Å². The van der Waals surface area contributed by atoms with Gasteiger partial charge in [-0.15, -0.1) is 0 Å². The van der Waals surface area contributed by atoms with Gasteiger partial charge in [0.1, 0.15) is 0 Å². The summed E-state index contributed by atoms with van der Waals surface area (Å²) in [7, 11) is 0. The molecule has 0 spiro atoms. The molecular weight excluding hydrogens is 257 g/mol. The topological polar surface area (TPSA) is 29.9 Å². The van der Waals surface area contributed by atoms with Crippen LogP contribution in [0.4, 0.5) is 0 Å². The van der Waals surface area contributed by atoms with E-state index in [0.717, 1.165) is 37.0 Å². The molecule has 1 aliphatic heterocycles. The Kier molecular flexibility index (Phi) is 2.99. The number of imidazole rings is 1. The summed E-state index contributed by atoms with van der Waals surface area (Å²) < 4.78 is 2.22. The number of nitrogens with one attached hydrogen (secondary N) is 1. The van der Waals surface area contributed by atoms with E-state index in [4.69, 9.17) is 23.2 Å².